The van der Waals surface area contributed by atoms with Crippen LogP contribution in [0.15, 0.2) is 36.7 Å². The van der Waals surface area contributed by atoms with Crippen molar-refractivity contribution in [2.75, 3.05) is 13.1 Å². The Balaban J connectivity index is 1.53. The van der Waals surface area contributed by atoms with Crippen LogP contribution in [-0.2, 0) is 13.6 Å². The van der Waals surface area contributed by atoms with Gasteiger partial charge in [0.1, 0.15) is 5.82 Å². The topological polar surface area (TPSA) is 46.8 Å². The summed E-state index contributed by atoms with van der Waals surface area (Å²) in [6.45, 7) is 5.05. The lowest BCUT2D eigenvalue weighted by Crippen LogP contribution is -2.35. The number of para-hydroxylation sites is 2. The van der Waals surface area contributed by atoms with Crippen LogP contribution in [0.4, 0.5) is 0 Å². The third kappa shape index (κ3) is 2.91. The molecule has 1 saturated heterocycles. The Bertz CT molecular complexity index is 854. The normalized spacial score (nSPS) is 19.0. The molecule has 0 amide bonds. The molecule has 0 radical (unpaired) electrons. The van der Waals surface area contributed by atoms with Crippen LogP contribution >= 0.6 is 0 Å². The van der Waals surface area contributed by atoms with E-state index in [9.17, 15) is 0 Å². The second kappa shape index (κ2) is 6.32. The van der Waals surface area contributed by atoms with E-state index in [1.54, 1.807) is 0 Å². The lowest BCUT2D eigenvalue weighted by Gasteiger charge is -2.32. The molecule has 0 saturated carbocycles. The molecular weight excluding hydrogens is 298 g/mol. The van der Waals surface area contributed by atoms with Crippen molar-refractivity contribution in [3.63, 3.8) is 0 Å². The molecule has 124 valence electrons. The van der Waals surface area contributed by atoms with Crippen molar-refractivity contribution in [1.82, 2.24) is 24.4 Å². The third-order valence-electron chi connectivity index (χ3n) is 4.94. The van der Waals surface area contributed by atoms with Gasteiger partial charge in [-0.15, -0.1) is 0 Å². The number of rotatable bonds is 3. The largest absolute Gasteiger partial charge is 0.330 e. The van der Waals surface area contributed by atoms with Gasteiger partial charge in [-0.3, -0.25) is 14.9 Å². The lowest BCUT2D eigenvalue weighted by atomic mass is 9.95. The molecule has 1 aliphatic rings. The number of aromatic nitrogens is 4. The Hall–Kier alpha value is -2.27. The van der Waals surface area contributed by atoms with Crippen molar-refractivity contribution in [3.05, 3.63) is 53.9 Å². The molecule has 1 unspecified atom stereocenters. The van der Waals surface area contributed by atoms with Gasteiger partial charge in [-0.25, -0.2) is 4.98 Å². The first-order valence-corrected chi connectivity index (χ1v) is 8.62. The van der Waals surface area contributed by atoms with E-state index in [0.29, 0.717) is 5.92 Å². The fourth-order valence-corrected chi connectivity index (χ4v) is 3.66. The molecule has 5 nitrogen and oxygen atoms in total. The second-order valence-corrected chi connectivity index (χ2v) is 6.74. The van der Waals surface area contributed by atoms with E-state index < -0.39 is 0 Å². The van der Waals surface area contributed by atoms with Crippen molar-refractivity contribution < 1.29 is 0 Å². The fourth-order valence-electron chi connectivity index (χ4n) is 3.66. The maximum atomic E-state index is 4.81. The molecular formula is C19H23N5. The summed E-state index contributed by atoms with van der Waals surface area (Å²) in [7, 11) is 2.11. The number of imidazole rings is 1. The number of aryl methyl sites for hydroxylation is 2. The van der Waals surface area contributed by atoms with Crippen molar-refractivity contribution >= 4 is 11.0 Å². The number of nitrogens with zero attached hydrogens (tertiary/aromatic N) is 5. The number of likely N-dealkylation sites (tertiary alicyclic amines) is 1. The molecule has 4 rings (SSSR count). The van der Waals surface area contributed by atoms with Gasteiger partial charge in [0.2, 0.25) is 0 Å². The zero-order valence-corrected chi connectivity index (χ0v) is 14.3. The molecule has 5 heteroatoms. The van der Waals surface area contributed by atoms with Crippen LogP contribution in [0.25, 0.3) is 11.0 Å². The molecule has 0 N–H and O–H groups in total. The van der Waals surface area contributed by atoms with Crippen LogP contribution in [0.5, 0.6) is 0 Å². The molecule has 24 heavy (non-hydrogen) atoms. The van der Waals surface area contributed by atoms with E-state index in [0.717, 1.165) is 42.4 Å². The Morgan fingerprint density at radius 2 is 2.04 bits per heavy atom. The first-order valence-electron chi connectivity index (χ1n) is 8.62. The van der Waals surface area contributed by atoms with E-state index in [1.807, 2.05) is 25.4 Å². The zero-order chi connectivity index (χ0) is 16.5. The van der Waals surface area contributed by atoms with Gasteiger partial charge in [0.25, 0.3) is 0 Å². The maximum Gasteiger partial charge on any atom is 0.123 e. The summed E-state index contributed by atoms with van der Waals surface area (Å²) >= 11 is 0. The van der Waals surface area contributed by atoms with E-state index >= 15 is 0 Å². The summed E-state index contributed by atoms with van der Waals surface area (Å²) in [5.41, 5.74) is 4.41. The molecule has 1 fully saturated rings. The highest BCUT2D eigenvalue weighted by Gasteiger charge is 2.24. The van der Waals surface area contributed by atoms with Gasteiger partial charge in [-0.05, 0) is 38.4 Å². The van der Waals surface area contributed by atoms with E-state index in [-0.39, 0.29) is 0 Å². The molecule has 1 aliphatic heterocycles. The quantitative estimate of drug-likeness (QED) is 0.744. The zero-order valence-electron chi connectivity index (χ0n) is 14.3. The van der Waals surface area contributed by atoms with Gasteiger partial charge in [0, 0.05) is 31.9 Å². The fraction of sp³-hybridized carbons (Fsp3) is 0.421. The van der Waals surface area contributed by atoms with Crippen LogP contribution in [-0.4, -0.2) is 37.5 Å². The van der Waals surface area contributed by atoms with Crippen molar-refractivity contribution in [1.29, 1.82) is 0 Å². The highest BCUT2D eigenvalue weighted by molar-refractivity contribution is 5.75. The summed E-state index contributed by atoms with van der Waals surface area (Å²) < 4.78 is 2.21. The van der Waals surface area contributed by atoms with Gasteiger partial charge in [-0.1, -0.05) is 12.1 Å². The SMILES string of the molecule is Cc1cncc(C2CCCN(Cc3nc4ccccc4n3C)C2)n1. The van der Waals surface area contributed by atoms with E-state index in [2.05, 4.69) is 44.7 Å². The molecule has 1 aromatic carbocycles. The summed E-state index contributed by atoms with van der Waals surface area (Å²) in [6.07, 6.45) is 6.14. The van der Waals surface area contributed by atoms with Crippen molar-refractivity contribution in [3.8, 4) is 0 Å². The van der Waals surface area contributed by atoms with Gasteiger partial charge >= 0.3 is 0 Å². The number of fused-ring (bicyclic) bond motifs is 1. The van der Waals surface area contributed by atoms with Crippen LogP contribution in [0.3, 0.4) is 0 Å². The molecule has 0 spiro atoms. The second-order valence-electron chi connectivity index (χ2n) is 6.74. The molecule has 1 atom stereocenters. The van der Waals surface area contributed by atoms with Gasteiger partial charge < -0.3 is 4.57 Å². The first kappa shape index (κ1) is 15.3. The molecule has 0 bridgehead atoms. The Morgan fingerprint density at radius 3 is 2.88 bits per heavy atom. The summed E-state index contributed by atoms with van der Waals surface area (Å²) in [4.78, 5) is 16.3. The molecule has 2 aromatic heterocycles. The molecule has 0 aliphatic carbocycles. The van der Waals surface area contributed by atoms with Crippen molar-refractivity contribution in [2.45, 2.75) is 32.2 Å². The van der Waals surface area contributed by atoms with Crippen LogP contribution < -0.4 is 0 Å². The summed E-state index contributed by atoms with van der Waals surface area (Å²) in [5.74, 6) is 1.60. The number of benzene rings is 1. The summed E-state index contributed by atoms with van der Waals surface area (Å²) in [6, 6.07) is 8.33. The first-order chi connectivity index (χ1) is 11.7. The van der Waals surface area contributed by atoms with Crippen LogP contribution in [0, 0.1) is 6.92 Å². The number of hydrogen-bond donors (Lipinski definition) is 0. The van der Waals surface area contributed by atoms with Crippen LogP contribution in [0.2, 0.25) is 0 Å². The molecule has 3 aromatic rings. The monoisotopic (exact) mass is 321 g/mol. The molecule has 3 heterocycles. The van der Waals surface area contributed by atoms with Crippen molar-refractivity contribution in [2.24, 2.45) is 7.05 Å². The smallest absolute Gasteiger partial charge is 0.123 e. The number of piperidine rings is 1. The van der Waals surface area contributed by atoms with Gasteiger partial charge in [0.05, 0.1) is 29.0 Å². The van der Waals surface area contributed by atoms with Crippen LogP contribution in [0.1, 0.15) is 36.0 Å². The maximum absolute atomic E-state index is 4.81. The lowest BCUT2D eigenvalue weighted by molar-refractivity contribution is 0.192. The minimum absolute atomic E-state index is 0.473. The average Bonchev–Trinajstić information content (AvgIpc) is 2.91. The Labute approximate surface area is 142 Å². The average molecular weight is 321 g/mol. The van der Waals surface area contributed by atoms with Gasteiger partial charge in [0.15, 0.2) is 0 Å². The number of hydrogen-bond acceptors (Lipinski definition) is 4. The van der Waals surface area contributed by atoms with E-state index in [1.165, 1.54) is 18.4 Å². The van der Waals surface area contributed by atoms with Gasteiger partial charge in [-0.2, -0.15) is 0 Å². The van der Waals surface area contributed by atoms with E-state index in [4.69, 9.17) is 4.98 Å². The third-order valence-corrected chi connectivity index (χ3v) is 4.94. The Kier molecular flexibility index (Phi) is 4.02. The summed E-state index contributed by atoms with van der Waals surface area (Å²) in [5, 5.41) is 0. The predicted molar refractivity (Wildman–Crippen MR) is 94.7 cm³/mol. The highest BCUT2D eigenvalue weighted by Crippen LogP contribution is 2.26. The highest BCUT2D eigenvalue weighted by atomic mass is 15.2. The minimum atomic E-state index is 0.473. The predicted octanol–water partition coefficient (Wildman–Crippen LogP) is 3.05. The minimum Gasteiger partial charge on any atom is -0.330 e. The Morgan fingerprint density at radius 1 is 1.17 bits per heavy atom. The standard InChI is InChI=1S/C19H23N5/c1-14-10-20-11-17(21-14)15-6-5-9-24(12-15)13-19-22-16-7-3-4-8-18(16)23(19)2/h3-4,7-8,10-11,15H,5-6,9,12-13H2,1-2H3.